The third kappa shape index (κ3) is 4.78. The van der Waals surface area contributed by atoms with Gasteiger partial charge in [0.2, 0.25) is 0 Å². The molecule has 5 nitrogen and oxygen atoms in total. The highest BCUT2D eigenvalue weighted by atomic mass is 35.5. The summed E-state index contributed by atoms with van der Waals surface area (Å²) in [5.74, 6) is 0.295. The van der Waals surface area contributed by atoms with E-state index in [4.69, 9.17) is 26.1 Å². The zero-order valence-electron chi connectivity index (χ0n) is 18.5. The molecule has 0 radical (unpaired) electrons. The molecule has 0 atom stereocenters. The minimum atomic E-state index is -0.937. The van der Waals surface area contributed by atoms with Crippen LogP contribution in [0.3, 0.4) is 0 Å². The number of carboxylic acids is 1. The van der Waals surface area contributed by atoms with E-state index >= 15 is 0 Å². The second-order valence-corrected chi connectivity index (χ2v) is 7.88. The first-order chi connectivity index (χ1) is 16.0. The van der Waals surface area contributed by atoms with Gasteiger partial charge in [0.15, 0.2) is 11.5 Å². The average Bonchev–Trinajstić information content (AvgIpc) is 2.80. The van der Waals surface area contributed by atoms with Crippen LogP contribution in [0.1, 0.15) is 19.4 Å². The topological polar surface area (TPSA) is 68.7 Å². The third-order valence-electron chi connectivity index (χ3n) is 5.26. The SMILES string of the molecule is CCOc1ccc(-c2nc3ccc(Cl)cc3c(-c3ccccc3)c2CC(=O)O)cc1OCC. The van der Waals surface area contributed by atoms with Crippen LogP contribution >= 0.6 is 11.6 Å². The van der Waals surface area contributed by atoms with Crippen LogP contribution in [0.5, 0.6) is 11.5 Å². The summed E-state index contributed by atoms with van der Waals surface area (Å²) in [6.07, 6.45) is -0.188. The highest BCUT2D eigenvalue weighted by Gasteiger charge is 2.21. The highest BCUT2D eigenvalue weighted by molar-refractivity contribution is 6.31. The molecule has 0 bridgehead atoms. The predicted molar refractivity (Wildman–Crippen MR) is 131 cm³/mol. The first-order valence-corrected chi connectivity index (χ1v) is 11.2. The van der Waals surface area contributed by atoms with Gasteiger partial charge in [-0.3, -0.25) is 4.79 Å². The Morgan fingerprint density at radius 1 is 0.909 bits per heavy atom. The first-order valence-electron chi connectivity index (χ1n) is 10.8. The van der Waals surface area contributed by atoms with Gasteiger partial charge in [-0.25, -0.2) is 4.98 Å². The molecule has 0 amide bonds. The molecule has 0 aliphatic rings. The van der Waals surface area contributed by atoms with Gasteiger partial charge in [0.25, 0.3) is 0 Å². The Bertz CT molecular complexity index is 1300. The quantitative estimate of drug-likeness (QED) is 0.318. The van der Waals surface area contributed by atoms with Gasteiger partial charge in [0.05, 0.1) is 30.8 Å². The molecule has 0 fully saturated rings. The number of halogens is 1. The van der Waals surface area contributed by atoms with E-state index < -0.39 is 5.97 Å². The van der Waals surface area contributed by atoms with Crippen molar-refractivity contribution in [2.75, 3.05) is 13.2 Å². The van der Waals surface area contributed by atoms with E-state index in [9.17, 15) is 9.90 Å². The van der Waals surface area contributed by atoms with Crippen LogP contribution in [-0.2, 0) is 11.2 Å². The summed E-state index contributed by atoms with van der Waals surface area (Å²) < 4.78 is 11.5. The van der Waals surface area contributed by atoms with Gasteiger partial charge >= 0.3 is 5.97 Å². The van der Waals surface area contributed by atoms with Gasteiger partial charge in [-0.15, -0.1) is 0 Å². The maximum absolute atomic E-state index is 11.9. The van der Waals surface area contributed by atoms with Crippen molar-refractivity contribution in [1.82, 2.24) is 4.98 Å². The van der Waals surface area contributed by atoms with Gasteiger partial charge in [0.1, 0.15) is 0 Å². The number of pyridine rings is 1. The molecule has 1 aromatic heterocycles. The van der Waals surface area contributed by atoms with E-state index in [0.29, 0.717) is 41.0 Å². The largest absolute Gasteiger partial charge is 0.490 e. The molecular weight excluding hydrogens is 438 g/mol. The van der Waals surface area contributed by atoms with Crippen molar-refractivity contribution in [3.8, 4) is 33.9 Å². The molecule has 0 saturated heterocycles. The molecule has 0 spiro atoms. The summed E-state index contributed by atoms with van der Waals surface area (Å²) in [6.45, 7) is 4.81. The Kier molecular flexibility index (Phi) is 6.80. The summed E-state index contributed by atoms with van der Waals surface area (Å²) in [4.78, 5) is 16.8. The van der Waals surface area contributed by atoms with Gasteiger partial charge < -0.3 is 14.6 Å². The number of nitrogens with zero attached hydrogens (tertiary/aromatic N) is 1. The lowest BCUT2D eigenvalue weighted by atomic mass is 9.90. The summed E-state index contributed by atoms with van der Waals surface area (Å²) in [6, 6.07) is 20.8. The number of carboxylic acid groups (broad SMARTS) is 1. The van der Waals surface area contributed by atoms with E-state index in [1.54, 1.807) is 6.07 Å². The Labute approximate surface area is 197 Å². The number of aromatic nitrogens is 1. The number of aliphatic carboxylic acids is 1. The molecule has 3 aromatic carbocycles. The van der Waals surface area contributed by atoms with E-state index in [2.05, 4.69) is 0 Å². The number of rotatable bonds is 8. The highest BCUT2D eigenvalue weighted by Crippen LogP contribution is 2.40. The first kappa shape index (κ1) is 22.6. The fraction of sp³-hybridized carbons (Fsp3) is 0.185. The van der Waals surface area contributed by atoms with Crippen LogP contribution < -0.4 is 9.47 Å². The zero-order valence-corrected chi connectivity index (χ0v) is 19.2. The van der Waals surface area contributed by atoms with Crippen molar-refractivity contribution in [3.63, 3.8) is 0 Å². The number of ether oxygens (including phenoxy) is 2. The molecule has 33 heavy (non-hydrogen) atoms. The van der Waals surface area contributed by atoms with Crippen LogP contribution in [0, 0.1) is 0 Å². The lowest BCUT2D eigenvalue weighted by Crippen LogP contribution is -2.07. The smallest absolute Gasteiger partial charge is 0.307 e. The molecule has 4 rings (SSSR count). The molecule has 0 saturated carbocycles. The minimum Gasteiger partial charge on any atom is -0.490 e. The molecule has 0 aliphatic carbocycles. The van der Waals surface area contributed by atoms with E-state index in [1.165, 1.54) is 0 Å². The van der Waals surface area contributed by atoms with Crippen LogP contribution in [0.4, 0.5) is 0 Å². The minimum absolute atomic E-state index is 0.188. The lowest BCUT2D eigenvalue weighted by Gasteiger charge is -2.18. The van der Waals surface area contributed by atoms with Gasteiger partial charge in [0, 0.05) is 16.0 Å². The van der Waals surface area contributed by atoms with E-state index in [1.807, 2.05) is 74.5 Å². The predicted octanol–water partition coefficient (Wildman–Crippen LogP) is 6.65. The molecule has 6 heteroatoms. The standard InChI is InChI=1S/C27H24ClNO4/c1-3-32-23-13-10-18(14-24(23)33-4-2)27-21(16-25(30)31)26(17-8-6-5-7-9-17)20-15-19(28)11-12-22(20)29-27/h5-15H,3-4,16H2,1-2H3,(H,30,31). The van der Waals surface area contributed by atoms with Crippen LogP contribution in [0.15, 0.2) is 66.7 Å². The third-order valence-corrected chi connectivity index (χ3v) is 5.49. The van der Waals surface area contributed by atoms with Crippen molar-refractivity contribution in [2.45, 2.75) is 20.3 Å². The monoisotopic (exact) mass is 461 g/mol. The Morgan fingerprint density at radius 3 is 2.33 bits per heavy atom. The zero-order chi connectivity index (χ0) is 23.4. The lowest BCUT2D eigenvalue weighted by molar-refractivity contribution is -0.136. The number of hydrogen-bond acceptors (Lipinski definition) is 4. The fourth-order valence-corrected chi connectivity index (χ4v) is 4.14. The summed E-state index contributed by atoms with van der Waals surface area (Å²) in [5.41, 5.74) is 4.42. The van der Waals surface area contributed by atoms with Crippen molar-refractivity contribution < 1.29 is 19.4 Å². The number of benzene rings is 3. The molecule has 1 N–H and O–H groups in total. The van der Waals surface area contributed by atoms with Crippen molar-refractivity contribution in [3.05, 3.63) is 77.3 Å². The Balaban J connectivity index is 2.06. The van der Waals surface area contributed by atoms with E-state index in [0.717, 1.165) is 27.6 Å². The fourth-order valence-electron chi connectivity index (χ4n) is 3.97. The molecule has 0 aliphatic heterocycles. The number of carbonyl (C=O) groups is 1. The Morgan fingerprint density at radius 2 is 1.64 bits per heavy atom. The second kappa shape index (κ2) is 9.92. The summed E-state index contributed by atoms with van der Waals surface area (Å²) >= 11 is 6.32. The molecular formula is C27H24ClNO4. The van der Waals surface area contributed by atoms with Crippen molar-refractivity contribution >= 4 is 28.5 Å². The maximum Gasteiger partial charge on any atom is 0.307 e. The maximum atomic E-state index is 11.9. The van der Waals surface area contributed by atoms with Crippen molar-refractivity contribution in [2.24, 2.45) is 0 Å². The molecule has 168 valence electrons. The number of hydrogen-bond donors (Lipinski definition) is 1. The summed E-state index contributed by atoms with van der Waals surface area (Å²) in [7, 11) is 0. The van der Waals surface area contributed by atoms with E-state index in [-0.39, 0.29) is 6.42 Å². The molecule has 1 heterocycles. The normalized spacial score (nSPS) is 10.9. The van der Waals surface area contributed by atoms with Crippen LogP contribution in [0.25, 0.3) is 33.3 Å². The number of fused-ring (bicyclic) bond motifs is 1. The molecule has 4 aromatic rings. The van der Waals surface area contributed by atoms with Crippen LogP contribution in [0.2, 0.25) is 5.02 Å². The average molecular weight is 462 g/mol. The Hall–Kier alpha value is -3.57. The molecule has 0 unspecified atom stereocenters. The van der Waals surface area contributed by atoms with Gasteiger partial charge in [-0.1, -0.05) is 41.9 Å². The van der Waals surface area contributed by atoms with Gasteiger partial charge in [-0.05, 0) is 66.9 Å². The second-order valence-electron chi connectivity index (χ2n) is 7.44. The van der Waals surface area contributed by atoms with Crippen molar-refractivity contribution in [1.29, 1.82) is 0 Å². The van der Waals surface area contributed by atoms with Crippen LogP contribution in [-0.4, -0.2) is 29.3 Å². The summed E-state index contributed by atoms with van der Waals surface area (Å²) in [5, 5.41) is 11.2. The van der Waals surface area contributed by atoms with Gasteiger partial charge in [-0.2, -0.15) is 0 Å².